The van der Waals surface area contributed by atoms with E-state index in [-0.39, 0.29) is 5.69 Å². The number of nitrogens with one attached hydrogen (secondary N) is 2. The van der Waals surface area contributed by atoms with Gasteiger partial charge in [-0.15, -0.1) is 0 Å². The van der Waals surface area contributed by atoms with Crippen LogP contribution in [-0.2, 0) is 6.54 Å². The summed E-state index contributed by atoms with van der Waals surface area (Å²) in [6.07, 6.45) is 0. The smallest absolute Gasteiger partial charge is 0.274 e. The molecule has 6 nitrogen and oxygen atoms in total. The predicted molar refractivity (Wildman–Crippen MR) is 81.5 cm³/mol. The van der Waals surface area contributed by atoms with Crippen molar-refractivity contribution < 1.29 is 4.92 Å². The zero-order valence-electron chi connectivity index (χ0n) is 10.8. The zero-order chi connectivity index (χ0) is 14.8. The number of anilines is 1. The van der Waals surface area contributed by atoms with Gasteiger partial charge in [0.1, 0.15) is 0 Å². The summed E-state index contributed by atoms with van der Waals surface area (Å²) in [5, 5.41) is 14.6. The van der Waals surface area contributed by atoms with Crippen LogP contribution in [0.3, 0.4) is 0 Å². The third kappa shape index (κ3) is 2.80. The van der Waals surface area contributed by atoms with Crippen molar-refractivity contribution in [3.05, 3.63) is 63.2 Å². The van der Waals surface area contributed by atoms with E-state index >= 15 is 0 Å². The second-order valence-corrected chi connectivity index (χ2v) is 4.92. The van der Waals surface area contributed by atoms with E-state index in [9.17, 15) is 10.1 Å². The Balaban J connectivity index is 1.82. The molecular formula is C14H11ClN4O2. The van der Waals surface area contributed by atoms with Crippen LogP contribution in [0.25, 0.3) is 11.0 Å². The molecule has 0 atom stereocenters. The van der Waals surface area contributed by atoms with E-state index in [2.05, 4.69) is 15.3 Å². The van der Waals surface area contributed by atoms with Gasteiger partial charge in [0.05, 0.1) is 16.0 Å². The van der Waals surface area contributed by atoms with Crippen molar-refractivity contribution in [1.29, 1.82) is 0 Å². The van der Waals surface area contributed by atoms with Gasteiger partial charge in [0.2, 0.25) is 5.95 Å². The molecule has 106 valence electrons. The van der Waals surface area contributed by atoms with Crippen molar-refractivity contribution in [1.82, 2.24) is 9.97 Å². The largest absolute Gasteiger partial charge is 0.351 e. The summed E-state index contributed by atoms with van der Waals surface area (Å²) >= 11 is 5.91. The molecule has 0 aliphatic rings. The topological polar surface area (TPSA) is 83.8 Å². The first-order valence-electron chi connectivity index (χ1n) is 6.25. The number of aromatic amines is 1. The third-order valence-corrected chi connectivity index (χ3v) is 3.31. The predicted octanol–water partition coefficient (Wildman–Crippen LogP) is 3.74. The van der Waals surface area contributed by atoms with E-state index < -0.39 is 4.92 Å². The number of hydrogen-bond donors (Lipinski definition) is 2. The number of aromatic nitrogens is 2. The minimum Gasteiger partial charge on any atom is -0.351 e. The first-order valence-corrected chi connectivity index (χ1v) is 6.63. The molecular weight excluding hydrogens is 292 g/mol. The van der Waals surface area contributed by atoms with Gasteiger partial charge in [-0.3, -0.25) is 10.1 Å². The molecule has 0 bridgehead atoms. The Labute approximate surface area is 124 Å². The van der Waals surface area contributed by atoms with Crippen LogP contribution in [0.1, 0.15) is 5.56 Å². The average Bonchev–Trinajstić information content (AvgIpc) is 2.87. The standard InChI is InChI=1S/C14H11ClN4O2/c15-10-5-6-11-12(7-10)18-14(17-11)16-8-9-3-1-2-4-13(9)19(20)21/h1-7H,8H2,(H2,16,17,18). The highest BCUT2D eigenvalue weighted by atomic mass is 35.5. The molecule has 2 aromatic carbocycles. The molecule has 0 aliphatic carbocycles. The van der Waals surface area contributed by atoms with E-state index in [1.807, 2.05) is 6.07 Å². The van der Waals surface area contributed by atoms with E-state index in [1.165, 1.54) is 6.07 Å². The van der Waals surface area contributed by atoms with Gasteiger partial charge in [-0.25, -0.2) is 4.98 Å². The maximum Gasteiger partial charge on any atom is 0.274 e. The summed E-state index contributed by atoms with van der Waals surface area (Å²) in [6, 6.07) is 12.0. The number of para-hydroxylation sites is 1. The lowest BCUT2D eigenvalue weighted by Gasteiger charge is -2.03. The van der Waals surface area contributed by atoms with Gasteiger partial charge in [-0.05, 0) is 18.2 Å². The fourth-order valence-corrected chi connectivity index (χ4v) is 2.26. The summed E-state index contributed by atoms with van der Waals surface area (Å²) in [7, 11) is 0. The molecule has 7 heteroatoms. The molecule has 2 N–H and O–H groups in total. The molecule has 0 saturated heterocycles. The Hall–Kier alpha value is -2.60. The van der Waals surface area contributed by atoms with Crippen LogP contribution in [0.2, 0.25) is 5.02 Å². The maximum absolute atomic E-state index is 11.0. The summed E-state index contributed by atoms with van der Waals surface area (Å²) < 4.78 is 0. The van der Waals surface area contributed by atoms with Gasteiger partial charge < -0.3 is 10.3 Å². The molecule has 0 aliphatic heterocycles. The van der Waals surface area contributed by atoms with Crippen molar-refractivity contribution >= 4 is 34.3 Å². The molecule has 0 radical (unpaired) electrons. The van der Waals surface area contributed by atoms with Gasteiger partial charge in [0.15, 0.2) is 0 Å². The van der Waals surface area contributed by atoms with E-state index in [1.54, 1.807) is 30.3 Å². The molecule has 0 fully saturated rings. The monoisotopic (exact) mass is 302 g/mol. The Morgan fingerprint density at radius 2 is 2.10 bits per heavy atom. The van der Waals surface area contributed by atoms with Gasteiger partial charge in [0, 0.05) is 23.2 Å². The Morgan fingerprint density at radius 1 is 1.29 bits per heavy atom. The summed E-state index contributed by atoms with van der Waals surface area (Å²) in [6.45, 7) is 0.310. The highest BCUT2D eigenvalue weighted by Gasteiger charge is 2.12. The van der Waals surface area contributed by atoms with Crippen LogP contribution in [0.4, 0.5) is 11.6 Å². The SMILES string of the molecule is O=[N+]([O-])c1ccccc1CNc1nc2ccc(Cl)cc2[nH]1. The highest BCUT2D eigenvalue weighted by Crippen LogP contribution is 2.21. The second kappa shape index (κ2) is 5.41. The number of nitro groups is 1. The van der Waals surface area contributed by atoms with Crippen LogP contribution in [0, 0.1) is 10.1 Å². The fourth-order valence-electron chi connectivity index (χ4n) is 2.08. The quantitative estimate of drug-likeness (QED) is 0.568. The molecule has 0 unspecified atom stereocenters. The summed E-state index contributed by atoms with van der Waals surface area (Å²) in [4.78, 5) is 18.0. The molecule has 21 heavy (non-hydrogen) atoms. The van der Waals surface area contributed by atoms with Crippen molar-refractivity contribution in [2.75, 3.05) is 5.32 Å². The van der Waals surface area contributed by atoms with Crippen LogP contribution < -0.4 is 5.32 Å². The minimum absolute atomic E-state index is 0.0872. The van der Waals surface area contributed by atoms with Crippen LogP contribution >= 0.6 is 11.6 Å². The van der Waals surface area contributed by atoms with E-state index in [4.69, 9.17) is 11.6 Å². The number of benzene rings is 2. The number of nitrogens with zero attached hydrogens (tertiary/aromatic N) is 2. The molecule has 3 aromatic rings. The fraction of sp³-hybridized carbons (Fsp3) is 0.0714. The lowest BCUT2D eigenvalue weighted by atomic mass is 10.2. The molecule has 0 saturated carbocycles. The Bertz CT molecular complexity index is 816. The number of H-pyrrole nitrogens is 1. The van der Waals surface area contributed by atoms with Crippen molar-refractivity contribution in [3.8, 4) is 0 Å². The second-order valence-electron chi connectivity index (χ2n) is 4.49. The van der Waals surface area contributed by atoms with Crippen molar-refractivity contribution in [3.63, 3.8) is 0 Å². The number of rotatable bonds is 4. The maximum atomic E-state index is 11.0. The molecule has 1 heterocycles. The van der Waals surface area contributed by atoms with E-state index in [0.29, 0.717) is 23.1 Å². The van der Waals surface area contributed by atoms with Crippen molar-refractivity contribution in [2.45, 2.75) is 6.54 Å². The van der Waals surface area contributed by atoms with Crippen LogP contribution in [-0.4, -0.2) is 14.9 Å². The number of imidazole rings is 1. The lowest BCUT2D eigenvalue weighted by Crippen LogP contribution is -2.03. The Kier molecular flexibility index (Phi) is 3.45. The first kappa shape index (κ1) is 13.4. The molecule has 3 rings (SSSR count). The lowest BCUT2D eigenvalue weighted by molar-refractivity contribution is -0.385. The van der Waals surface area contributed by atoms with Gasteiger partial charge >= 0.3 is 0 Å². The minimum atomic E-state index is -0.393. The van der Waals surface area contributed by atoms with Gasteiger partial charge in [-0.1, -0.05) is 29.8 Å². The van der Waals surface area contributed by atoms with E-state index in [0.717, 1.165) is 11.0 Å². The first-order chi connectivity index (χ1) is 10.1. The zero-order valence-corrected chi connectivity index (χ0v) is 11.6. The summed E-state index contributed by atoms with van der Waals surface area (Å²) in [5.74, 6) is 0.547. The molecule has 1 aromatic heterocycles. The normalized spacial score (nSPS) is 10.7. The molecule has 0 spiro atoms. The highest BCUT2D eigenvalue weighted by molar-refractivity contribution is 6.31. The third-order valence-electron chi connectivity index (χ3n) is 3.08. The van der Waals surface area contributed by atoms with Crippen LogP contribution in [0.5, 0.6) is 0 Å². The van der Waals surface area contributed by atoms with Gasteiger partial charge in [0.25, 0.3) is 5.69 Å². The van der Waals surface area contributed by atoms with Crippen molar-refractivity contribution in [2.24, 2.45) is 0 Å². The van der Waals surface area contributed by atoms with Crippen LogP contribution in [0.15, 0.2) is 42.5 Å². The van der Waals surface area contributed by atoms with Gasteiger partial charge in [-0.2, -0.15) is 0 Å². The summed E-state index contributed by atoms with van der Waals surface area (Å²) in [5.41, 5.74) is 2.28. The Morgan fingerprint density at radius 3 is 2.90 bits per heavy atom. The molecule has 0 amide bonds. The number of halogens is 1. The average molecular weight is 303 g/mol. The number of fused-ring (bicyclic) bond motifs is 1. The number of hydrogen-bond acceptors (Lipinski definition) is 4. The number of nitro benzene ring substituents is 1.